The quantitative estimate of drug-likeness (QED) is 0.877. The van der Waals surface area contributed by atoms with Crippen molar-refractivity contribution in [2.45, 2.75) is 6.54 Å². The summed E-state index contributed by atoms with van der Waals surface area (Å²) in [5.74, 6) is 0.0951. The van der Waals surface area contributed by atoms with Gasteiger partial charge < -0.3 is 5.32 Å². The topological polar surface area (TPSA) is 55.6 Å². The van der Waals surface area contributed by atoms with Crippen LogP contribution in [0.3, 0.4) is 0 Å². The number of tetrazole rings is 1. The van der Waals surface area contributed by atoms with Gasteiger partial charge in [0.05, 0.1) is 6.54 Å². The smallest absolute Gasteiger partial charge is 0.170 e. The van der Waals surface area contributed by atoms with Crippen molar-refractivity contribution in [3.63, 3.8) is 0 Å². The Balaban J connectivity index is 2.49. The fourth-order valence-electron chi connectivity index (χ4n) is 1.31. The van der Waals surface area contributed by atoms with Crippen LogP contribution in [0.25, 0.3) is 5.69 Å². The summed E-state index contributed by atoms with van der Waals surface area (Å²) in [5, 5.41) is 14.3. The van der Waals surface area contributed by atoms with E-state index in [0.717, 1.165) is 0 Å². The van der Waals surface area contributed by atoms with Crippen LogP contribution in [0.2, 0.25) is 5.02 Å². The second kappa shape index (κ2) is 4.54. The highest BCUT2D eigenvalue weighted by Crippen LogP contribution is 2.18. The molecule has 16 heavy (non-hydrogen) atoms. The molecule has 1 heterocycles. The molecule has 5 nitrogen and oxygen atoms in total. The Bertz CT molecular complexity index is 498. The van der Waals surface area contributed by atoms with Crippen molar-refractivity contribution in [3.05, 3.63) is 34.9 Å². The Hall–Kier alpha value is -1.53. The van der Waals surface area contributed by atoms with Crippen molar-refractivity contribution in [1.82, 2.24) is 25.5 Å². The number of aromatic nitrogens is 4. The first-order valence-corrected chi connectivity index (χ1v) is 4.97. The lowest BCUT2D eigenvalue weighted by molar-refractivity contribution is 0.598. The molecule has 1 aromatic carbocycles. The van der Waals surface area contributed by atoms with Crippen molar-refractivity contribution in [1.29, 1.82) is 0 Å². The maximum atomic E-state index is 13.6. The number of hydrogen-bond acceptors (Lipinski definition) is 4. The summed E-state index contributed by atoms with van der Waals surface area (Å²) >= 11 is 5.80. The van der Waals surface area contributed by atoms with Gasteiger partial charge in [0.1, 0.15) is 11.5 Å². The minimum absolute atomic E-state index is 0.239. The van der Waals surface area contributed by atoms with E-state index in [-0.39, 0.29) is 5.69 Å². The SMILES string of the molecule is CNCc1nnnn1-c1cc(Cl)ccc1F. The van der Waals surface area contributed by atoms with Crippen molar-refractivity contribution in [2.75, 3.05) is 7.05 Å². The molecule has 7 heteroatoms. The number of hydrogen-bond donors (Lipinski definition) is 1. The molecule has 0 amide bonds. The van der Waals surface area contributed by atoms with Crippen molar-refractivity contribution < 1.29 is 4.39 Å². The molecule has 1 aromatic heterocycles. The van der Waals surface area contributed by atoms with Crippen molar-refractivity contribution in [3.8, 4) is 5.69 Å². The normalized spacial score (nSPS) is 10.7. The molecule has 0 aliphatic heterocycles. The molecule has 0 saturated carbocycles. The molecule has 2 aromatic rings. The third-order valence-corrected chi connectivity index (χ3v) is 2.24. The molecule has 0 aliphatic carbocycles. The summed E-state index contributed by atoms with van der Waals surface area (Å²) in [5.41, 5.74) is 0.239. The number of nitrogens with zero attached hydrogens (tertiary/aromatic N) is 4. The third kappa shape index (κ3) is 2.02. The zero-order valence-electron chi connectivity index (χ0n) is 8.48. The van der Waals surface area contributed by atoms with Crippen LogP contribution in [0.5, 0.6) is 0 Å². The van der Waals surface area contributed by atoms with Crippen LogP contribution in [0.4, 0.5) is 4.39 Å². The fraction of sp³-hybridized carbons (Fsp3) is 0.222. The Morgan fingerprint density at radius 3 is 3.06 bits per heavy atom. The Morgan fingerprint density at radius 1 is 1.50 bits per heavy atom. The summed E-state index contributed by atoms with van der Waals surface area (Å²) in [6.45, 7) is 0.443. The Labute approximate surface area is 96.2 Å². The molecular weight excluding hydrogens is 233 g/mol. The van der Waals surface area contributed by atoms with Gasteiger partial charge in [-0.3, -0.25) is 0 Å². The van der Waals surface area contributed by atoms with Crippen LogP contribution in [0.15, 0.2) is 18.2 Å². The fourth-order valence-corrected chi connectivity index (χ4v) is 1.48. The van der Waals surface area contributed by atoms with Crippen molar-refractivity contribution >= 4 is 11.6 Å². The molecule has 1 N–H and O–H groups in total. The number of benzene rings is 1. The highest BCUT2D eigenvalue weighted by molar-refractivity contribution is 6.30. The van der Waals surface area contributed by atoms with Crippen LogP contribution < -0.4 is 5.32 Å². The second-order valence-electron chi connectivity index (χ2n) is 3.13. The zero-order valence-corrected chi connectivity index (χ0v) is 9.24. The van der Waals surface area contributed by atoms with E-state index in [1.807, 2.05) is 0 Å². The van der Waals surface area contributed by atoms with Gasteiger partial charge in [-0.1, -0.05) is 11.6 Å². The van der Waals surface area contributed by atoms with Gasteiger partial charge in [0.2, 0.25) is 0 Å². The van der Waals surface area contributed by atoms with E-state index in [9.17, 15) is 4.39 Å². The van der Waals surface area contributed by atoms with E-state index < -0.39 is 5.82 Å². The maximum absolute atomic E-state index is 13.6. The molecule has 84 valence electrons. The van der Waals surface area contributed by atoms with Gasteiger partial charge in [-0.25, -0.2) is 4.39 Å². The van der Waals surface area contributed by atoms with E-state index in [4.69, 9.17) is 11.6 Å². The molecule has 0 fully saturated rings. The summed E-state index contributed by atoms with van der Waals surface area (Å²) in [7, 11) is 1.76. The van der Waals surface area contributed by atoms with Gasteiger partial charge in [0.15, 0.2) is 5.82 Å². The van der Waals surface area contributed by atoms with Crippen LogP contribution in [-0.2, 0) is 6.54 Å². The number of nitrogens with one attached hydrogen (secondary N) is 1. The second-order valence-corrected chi connectivity index (χ2v) is 3.57. The summed E-state index contributed by atoms with van der Waals surface area (Å²) in [4.78, 5) is 0. The highest BCUT2D eigenvalue weighted by atomic mass is 35.5. The number of rotatable bonds is 3. The standard InChI is InChI=1S/C9H9ClFN5/c1-12-5-9-13-14-15-16(9)8-4-6(10)2-3-7(8)11/h2-4,12H,5H2,1H3. The van der Waals surface area contributed by atoms with Gasteiger partial charge in [0.25, 0.3) is 0 Å². The van der Waals surface area contributed by atoms with Crippen LogP contribution in [0, 0.1) is 5.82 Å². The minimum atomic E-state index is -0.422. The average Bonchev–Trinajstić information content (AvgIpc) is 2.70. The Morgan fingerprint density at radius 2 is 2.31 bits per heavy atom. The first-order valence-electron chi connectivity index (χ1n) is 4.59. The lowest BCUT2D eigenvalue weighted by Gasteiger charge is -2.05. The van der Waals surface area contributed by atoms with Gasteiger partial charge in [-0.05, 0) is 35.7 Å². The van der Waals surface area contributed by atoms with Crippen LogP contribution in [0.1, 0.15) is 5.82 Å². The first kappa shape index (κ1) is 11.0. The number of halogens is 2. The average molecular weight is 242 g/mol. The lowest BCUT2D eigenvalue weighted by Crippen LogP contribution is -2.13. The maximum Gasteiger partial charge on any atom is 0.170 e. The van der Waals surface area contributed by atoms with Crippen LogP contribution >= 0.6 is 11.6 Å². The summed E-state index contributed by atoms with van der Waals surface area (Å²) < 4.78 is 14.9. The summed E-state index contributed by atoms with van der Waals surface area (Å²) in [6.07, 6.45) is 0. The van der Waals surface area contributed by atoms with E-state index in [1.54, 1.807) is 7.05 Å². The monoisotopic (exact) mass is 241 g/mol. The predicted octanol–water partition coefficient (Wildman–Crippen LogP) is 1.17. The molecule has 2 rings (SSSR count). The molecule has 0 unspecified atom stereocenters. The molecule has 0 saturated heterocycles. The predicted molar refractivity (Wildman–Crippen MR) is 56.9 cm³/mol. The highest BCUT2D eigenvalue weighted by Gasteiger charge is 2.11. The molecule has 0 atom stereocenters. The third-order valence-electron chi connectivity index (χ3n) is 2.01. The first-order chi connectivity index (χ1) is 7.72. The molecule has 0 radical (unpaired) electrons. The van der Waals surface area contributed by atoms with Crippen molar-refractivity contribution in [2.24, 2.45) is 0 Å². The van der Waals surface area contributed by atoms with Gasteiger partial charge in [0, 0.05) is 5.02 Å². The van der Waals surface area contributed by atoms with E-state index in [0.29, 0.717) is 17.4 Å². The lowest BCUT2D eigenvalue weighted by atomic mass is 10.3. The van der Waals surface area contributed by atoms with E-state index in [1.165, 1.54) is 22.9 Å². The zero-order chi connectivity index (χ0) is 11.5. The molecule has 0 aliphatic rings. The van der Waals surface area contributed by atoms with Gasteiger partial charge >= 0.3 is 0 Å². The largest absolute Gasteiger partial charge is 0.313 e. The van der Waals surface area contributed by atoms with E-state index >= 15 is 0 Å². The molecular formula is C9H9ClFN5. The van der Waals surface area contributed by atoms with Crippen LogP contribution in [-0.4, -0.2) is 27.3 Å². The Kier molecular flexibility index (Phi) is 3.12. The van der Waals surface area contributed by atoms with Gasteiger partial charge in [-0.15, -0.1) is 5.10 Å². The van der Waals surface area contributed by atoms with E-state index in [2.05, 4.69) is 20.8 Å². The van der Waals surface area contributed by atoms with Gasteiger partial charge in [-0.2, -0.15) is 4.68 Å². The molecule has 0 spiro atoms. The summed E-state index contributed by atoms with van der Waals surface area (Å²) in [6, 6.07) is 4.23. The molecule has 0 bridgehead atoms. The minimum Gasteiger partial charge on any atom is -0.313 e.